The van der Waals surface area contributed by atoms with Crippen LogP contribution in [-0.4, -0.2) is 25.7 Å². The van der Waals surface area contributed by atoms with Gasteiger partial charge in [0.1, 0.15) is 11.3 Å². The van der Waals surface area contributed by atoms with Gasteiger partial charge < -0.3 is 10.5 Å². The van der Waals surface area contributed by atoms with Crippen molar-refractivity contribution in [3.8, 4) is 5.75 Å². The van der Waals surface area contributed by atoms with Crippen LogP contribution in [0.15, 0.2) is 18.2 Å². The Morgan fingerprint density at radius 1 is 1.50 bits per heavy atom. The van der Waals surface area contributed by atoms with Crippen molar-refractivity contribution >= 4 is 5.91 Å². The van der Waals surface area contributed by atoms with Gasteiger partial charge in [-0.3, -0.25) is 10.1 Å². The molecule has 7 heteroatoms. The summed E-state index contributed by atoms with van der Waals surface area (Å²) in [6, 6.07) is 5.02. The van der Waals surface area contributed by atoms with E-state index in [2.05, 4.69) is 5.32 Å². The molecule has 1 aliphatic carbocycles. The molecule has 1 aromatic carbocycles. The van der Waals surface area contributed by atoms with Crippen LogP contribution in [0.25, 0.3) is 0 Å². The molecule has 0 aliphatic heterocycles. The van der Waals surface area contributed by atoms with E-state index in [-0.39, 0.29) is 6.42 Å². The molecule has 0 aromatic heterocycles. The Labute approximate surface area is 114 Å². The summed E-state index contributed by atoms with van der Waals surface area (Å²) in [5.74, 6) is -0.334. The van der Waals surface area contributed by atoms with Gasteiger partial charge in [0.05, 0.1) is 13.7 Å². The summed E-state index contributed by atoms with van der Waals surface area (Å²) in [4.78, 5) is 11.8. The molecule has 0 radical (unpaired) electrons. The minimum atomic E-state index is -4.41. The van der Waals surface area contributed by atoms with E-state index in [1.165, 1.54) is 7.11 Å². The van der Waals surface area contributed by atoms with Gasteiger partial charge in [0.2, 0.25) is 5.91 Å². The Hall–Kier alpha value is -1.76. The van der Waals surface area contributed by atoms with Crippen LogP contribution in [0.4, 0.5) is 13.2 Å². The van der Waals surface area contributed by atoms with Crippen molar-refractivity contribution in [2.75, 3.05) is 13.7 Å². The molecule has 0 heterocycles. The third-order valence-corrected chi connectivity index (χ3v) is 3.56. The van der Waals surface area contributed by atoms with Crippen molar-refractivity contribution < 1.29 is 22.7 Å². The highest BCUT2D eigenvalue weighted by Gasteiger charge is 2.46. The van der Waals surface area contributed by atoms with E-state index in [0.717, 1.165) is 5.56 Å². The van der Waals surface area contributed by atoms with Crippen LogP contribution in [0.1, 0.15) is 17.5 Å². The number of amides is 1. The maximum absolute atomic E-state index is 12.4. The number of rotatable bonds is 4. The van der Waals surface area contributed by atoms with Crippen LogP contribution in [-0.2, 0) is 16.8 Å². The number of methoxy groups -OCH3 is 1. The van der Waals surface area contributed by atoms with E-state index in [1.54, 1.807) is 18.2 Å². The average Bonchev–Trinajstić information content (AvgIpc) is 2.74. The van der Waals surface area contributed by atoms with Crippen LogP contribution in [0.5, 0.6) is 5.75 Å². The Kier molecular flexibility index (Phi) is 3.64. The first-order chi connectivity index (χ1) is 9.28. The summed E-state index contributed by atoms with van der Waals surface area (Å²) in [6.07, 6.45) is -3.71. The molecule has 20 heavy (non-hydrogen) atoms. The number of halogens is 3. The molecule has 110 valence electrons. The largest absolute Gasteiger partial charge is 0.497 e. The summed E-state index contributed by atoms with van der Waals surface area (Å²) < 4.78 is 42.3. The smallest absolute Gasteiger partial charge is 0.401 e. The van der Waals surface area contributed by atoms with Gasteiger partial charge >= 0.3 is 6.18 Å². The van der Waals surface area contributed by atoms with Gasteiger partial charge in [0.15, 0.2) is 0 Å². The third kappa shape index (κ3) is 2.58. The van der Waals surface area contributed by atoms with E-state index >= 15 is 0 Å². The maximum Gasteiger partial charge on any atom is 0.401 e. The van der Waals surface area contributed by atoms with E-state index < -0.39 is 24.2 Å². The monoisotopic (exact) mass is 288 g/mol. The van der Waals surface area contributed by atoms with E-state index in [1.807, 2.05) is 0 Å². The molecular formula is C13H15F3N2O2. The number of benzene rings is 1. The second-order valence-electron chi connectivity index (χ2n) is 4.76. The standard InChI is InChI=1S/C13H15F3N2O2/c1-20-9-3-2-8-4-5-12(11(17)19,10(8)6-9)18-7-13(14,15)16/h2-3,6,18H,4-5,7H2,1H3,(H2,17,19). The molecule has 4 nitrogen and oxygen atoms in total. The lowest BCUT2D eigenvalue weighted by Crippen LogP contribution is -2.53. The number of primary amides is 1. The summed E-state index contributed by atoms with van der Waals surface area (Å²) >= 11 is 0. The van der Waals surface area contributed by atoms with Crippen LogP contribution in [0.2, 0.25) is 0 Å². The van der Waals surface area contributed by atoms with Crippen molar-refractivity contribution in [2.45, 2.75) is 24.6 Å². The van der Waals surface area contributed by atoms with Gasteiger partial charge in [-0.25, -0.2) is 0 Å². The first kappa shape index (κ1) is 14.6. The second-order valence-corrected chi connectivity index (χ2v) is 4.76. The van der Waals surface area contributed by atoms with Crippen molar-refractivity contribution in [2.24, 2.45) is 5.73 Å². The quantitative estimate of drug-likeness (QED) is 0.882. The first-order valence-corrected chi connectivity index (χ1v) is 6.07. The Bertz CT molecular complexity index is 531. The molecule has 0 saturated heterocycles. The fourth-order valence-electron chi connectivity index (χ4n) is 2.53. The highest BCUT2D eigenvalue weighted by molar-refractivity contribution is 5.87. The number of nitrogens with one attached hydrogen (secondary N) is 1. The topological polar surface area (TPSA) is 64.3 Å². The van der Waals surface area contributed by atoms with Crippen LogP contribution in [0.3, 0.4) is 0 Å². The molecule has 1 atom stereocenters. The summed E-state index contributed by atoms with van der Waals surface area (Å²) in [6.45, 7) is -1.27. The van der Waals surface area contributed by atoms with Gasteiger partial charge in [0, 0.05) is 0 Å². The molecular weight excluding hydrogens is 273 g/mol. The number of hydrogen-bond acceptors (Lipinski definition) is 3. The zero-order valence-corrected chi connectivity index (χ0v) is 10.9. The Morgan fingerprint density at radius 2 is 2.20 bits per heavy atom. The zero-order valence-electron chi connectivity index (χ0n) is 10.9. The van der Waals surface area contributed by atoms with Crippen molar-refractivity contribution in [3.63, 3.8) is 0 Å². The SMILES string of the molecule is COc1ccc2c(c1)C(NCC(F)(F)F)(C(N)=O)CC2. The van der Waals surface area contributed by atoms with Crippen molar-refractivity contribution in [3.05, 3.63) is 29.3 Å². The molecule has 1 aliphatic rings. The highest BCUT2D eigenvalue weighted by atomic mass is 19.4. The minimum absolute atomic E-state index is 0.209. The number of nitrogens with two attached hydrogens (primary N) is 1. The minimum Gasteiger partial charge on any atom is -0.497 e. The number of ether oxygens (including phenoxy) is 1. The average molecular weight is 288 g/mol. The van der Waals surface area contributed by atoms with Gasteiger partial charge in [-0.05, 0) is 36.1 Å². The van der Waals surface area contributed by atoms with Gasteiger partial charge in [-0.1, -0.05) is 6.07 Å². The van der Waals surface area contributed by atoms with Crippen LogP contribution < -0.4 is 15.8 Å². The molecule has 3 N–H and O–H groups in total. The van der Waals surface area contributed by atoms with Gasteiger partial charge in [-0.2, -0.15) is 13.2 Å². The fraction of sp³-hybridized carbons (Fsp3) is 0.462. The number of alkyl halides is 3. The molecule has 0 fully saturated rings. The predicted octanol–water partition coefficient (Wildman–Crippen LogP) is 1.47. The molecule has 1 amide bonds. The second kappa shape index (κ2) is 4.97. The third-order valence-electron chi connectivity index (χ3n) is 3.56. The molecule has 0 bridgehead atoms. The molecule has 0 spiro atoms. The molecule has 0 saturated carbocycles. The predicted molar refractivity (Wildman–Crippen MR) is 66.2 cm³/mol. The summed E-state index contributed by atoms with van der Waals surface area (Å²) in [7, 11) is 1.45. The first-order valence-electron chi connectivity index (χ1n) is 6.07. The lowest BCUT2D eigenvalue weighted by molar-refractivity contribution is -0.136. The fourth-order valence-corrected chi connectivity index (χ4v) is 2.53. The van der Waals surface area contributed by atoms with Crippen LogP contribution >= 0.6 is 0 Å². The molecule has 2 rings (SSSR count). The molecule has 1 aromatic rings. The number of fused-ring (bicyclic) bond motifs is 1. The number of hydrogen-bond donors (Lipinski definition) is 2. The van der Waals surface area contributed by atoms with E-state index in [9.17, 15) is 18.0 Å². The normalized spacial score (nSPS) is 21.6. The summed E-state index contributed by atoms with van der Waals surface area (Å²) in [5.41, 5.74) is 5.14. The number of carbonyl (C=O) groups is 1. The van der Waals surface area contributed by atoms with Crippen molar-refractivity contribution in [1.29, 1.82) is 0 Å². The number of carbonyl (C=O) groups excluding carboxylic acids is 1. The van der Waals surface area contributed by atoms with E-state index in [0.29, 0.717) is 17.7 Å². The maximum atomic E-state index is 12.4. The lowest BCUT2D eigenvalue weighted by Gasteiger charge is -2.29. The van der Waals surface area contributed by atoms with Gasteiger partial charge in [0.25, 0.3) is 0 Å². The highest BCUT2D eigenvalue weighted by Crippen LogP contribution is 2.39. The Balaban J connectivity index is 2.40. The van der Waals surface area contributed by atoms with Crippen molar-refractivity contribution in [1.82, 2.24) is 5.32 Å². The van der Waals surface area contributed by atoms with Gasteiger partial charge in [-0.15, -0.1) is 0 Å². The lowest BCUT2D eigenvalue weighted by atomic mass is 9.90. The van der Waals surface area contributed by atoms with E-state index in [4.69, 9.17) is 10.5 Å². The van der Waals surface area contributed by atoms with Crippen LogP contribution in [0, 0.1) is 0 Å². The number of aryl methyl sites for hydroxylation is 1. The zero-order chi connectivity index (χ0) is 15.0. The molecule has 1 unspecified atom stereocenters. The Morgan fingerprint density at radius 3 is 2.75 bits per heavy atom. The summed E-state index contributed by atoms with van der Waals surface area (Å²) in [5, 5.41) is 2.29.